The van der Waals surface area contributed by atoms with Gasteiger partial charge in [-0.25, -0.2) is 19.2 Å². The van der Waals surface area contributed by atoms with Crippen LogP contribution in [0.5, 0.6) is 17.2 Å². The molecule has 1 saturated carbocycles. The number of aromatic nitrogens is 2. The predicted molar refractivity (Wildman–Crippen MR) is 118 cm³/mol. The number of carbonyl (C=O) groups is 2. The number of ether oxygens (including phenoxy) is 2. The van der Waals surface area contributed by atoms with Gasteiger partial charge in [0, 0.05) is 5.02 Å². The maximum absolute atomic E-state index is 13.9. The van der Waals surface area contributed by atoms with Crippen LogP contribution in [0.25, 0.3) is 0 Å². The van der Waals surface area contributed by atoms with Gasteiger partial charge in [-0.05, 0) is 55.7 Å². The minimum Gasteiger partial charge on any atom is -0.454 e. The highest BCUT2D eigenvalue weighted by molar-refractivity contribution is 6.30. The number of carbonyl (C=O) groups excluding carboxylic acids is 2. The molecule has 170 valence electrons. The van der Waals surface area contributed by atoms with Crippen LogP contribution in [0.2, 0.25) is 5.02 Å². The van der Waals surface area contributed by atoms with E-state index < -0.39 is 17.4 Å². The van der Waals surface area contributed by atoms with Crippen LogP contribution in [0, 0.1) is 5.82 Å². The fourth-order valence-electron chi connectivity index (χ4n) is 3.13. The van der Waals surface area contributed by atoms with E-state index in [1.165, 1.54) is 36.9 Å². The Morgan fingerprint density at radius 2 is 1.79 bits per heavy atom. The lowest BCUT2D eigenvalue weighted by Gasteiger charge is -2.21. The van der Waals surface area contributed by atoms with E-state index in [4.69, 9.17) is 21.1 Å². The second-order valence-corrected chi connectivity index (χ2v) is 8.05. The summed E-state index contributed by atoms with van der Waals surface area (Å²) in [5.41, 5.74) is -0.192. The Bertz CT molecular complexity index is 1160. The fraction of sp³-hybridized carbons (Fsp3) is 0.217. The number of rotatable bonds is 7. The zero-order chi connectivity index (χ0) is 23.4. The first-order valence-corrected chi connectivity index (χ1v) is 10.5. The lowest BCUT2D eigenvalue weighted by atomic mass is 10.1. The molecule has 0 radical (unpaired) electrons. The van der Waals surface area contributed by atoms with Crippen LogP contribution in [-0.4, -0.2) is 27.5 Å². The summed E-state index contributed by atoms with van der Waals surface area (Å²) >= 11 is 5.75. The summed E-state index contributed by atoms with van der Waals surface area (Å²) in [6.07, 6.45) is 4.28. The highest BCUT2D eigenvalue weighted by Gasteiger charge is 2.52. The molecule has 3 aromatic rings. The Morgan fingerprint density at radius 3 is 2.42 bits per heavy atom. The molecule has 1 unspecified atom stereocenters. The third-order valence-corrected chi connectivity index (χ3v) is 5.36. The second-order valence-electron chi connectivity index (χ2n) is 7.61. The van der Waals surface area contributed by atoms with Crippen molar-refractivity contribution in [1.29, 1.82) is 0 Å². The fourth-order valence-corrected chi connectivity index (χ4v) is 3.29. The minimum atomic E-state index is -1.00. The first kappa shape index (κ1) is 22.5. The molecule has 33 heavy (non-hydrogen) atoms. The van der Waals surface area contributed by atoms with Gasteiger partial charge in [0.25, 0.3) is 0 Å². The minimum absolute atomic E-state index is 0.0594. The van der Waals surface area contributed by atoms with Gasteiger partial charge in [0.15, 0.2) is 17.3 Å². The van der Waals surface area contributed by atoms with Gasteiger partial charge in [0.05, 0.1) is 18.4 Å². The van der Waals surface area contributed by atoms with Crippen molar-refractivity contribution in [2.75, 3.05) is 0 Å². The van der Waals surface area contributed by atoms with Crippen molar-refractivity contribution < 1.29 is 23.5 Å². The highest BCUT2D eigenvalue weighted by Crippen LogP contribution is 2.36. The van der Waals surface area contributed by atoms with Gasteiger partial charge in [-0.1, -0.05) is 23.7 Å². The van der Waals surface area contributed by atoms with Crippen molar-refractivity contribution in [3.8, 4) is 17.2 Å². The summed E-state index contributed by atoms with van der Waals surface area (Å²) in [6, 6.07) is 10.7. The number of nitrogens with one attached hydrogen (secondary N) is 2. The molecule has 2 aromatic carbocycles. The second kappa shape index (κ2) is 9.41. The maximum Gasteiger partial charge on any atom is 0.413 e. The van der Waals surface area contributed by atoms with Crippen molar-refractivity contribution in [1.82, 2.24) is 20.6 Å². The molecule has 0 saturated heterocycles. The Hall–Kier alpha value is -3.72. The summed E-state index contributed by atoms with van der Waals surface area (Å²) in [4.78, 5) is 32.5. The molecule has 2 amide bonds. The molecular formula is C23H20ClFN4O4. The SMILES string of the molecule is CC(NC(=O)C1(NC(=O)Oc2cncnc2)CC1)c1ccc(Oc2ccc(Cl)cc2F)cc1. The average molecular weight is 471 g/mol. The average Bonchev–Trinajstić information content (AvgIpc) is 3.57. The lowest BCUT2D eigenvalue weighted by Crippen LogP contribution is -2.50. The number of benzene rings is 2. The molecule has 1 fully saturated rings. The van der Waals surface area contributed by atoms with E-state index in [0.717, 1.165) is 5.56 Å². The number of amides is 2. The van der Waals surface area contributed by atoms with Gasteiger partial charge in [-0.3, -0.25) is 4.79 Å². The van der Waals surface area contributed by atoms with Gasteiger partial charge in [-0.15, -0.1) is 0 Å². The molecule has 1 aliphatic rings. The molecule has 10 heteroatoms. The van der Waals surface area contributed by atoms with Crippen molar-refractivity contribution in [3.05, 3.63) is 77.6 Å². The van der Waals surface area contributed by atoms with Crippen LogP contribution in [0.3, 0.4) is 0 Å². The molecule has 2 N–H and O–H groups in total. The van der Waals surface area contributed by atoms with Crippen LogP contribution in [0.1, 0.15) is 31.4 Å². The van der Waals surface area contributed by atoms with Crippen LogP contribution in [0.15, 0.2) is 61.2 Å². The summed E-state index contributed by atoms with van der Waals surface area (Å²) in [6.45, 7) is 1.82. The van der Waals surface area contributed by atoms with E-state index in [2.05, 4.69) is 20.6 Å². The molecule has 1 atom stereocenters. The molecule has 0 bridgehead atoms. The molecule has 1 aromatic heterocycles. The maximum atomic E-state index is 13.9. The van der Waals surface area contributed by atoms with Crippen LogP contribution >= 0.6 is 11.6 Å². The summed E-state index contributed by atoms with van der Waals surface area (Å²) in [7, 11) is 0. The monoisotopic (exact) mass is 470 g/mol. The van der Waals surface area contributed by atoms with E-state index in [1.807, 2.05) is 6.92 Å². The van der Waals surface area contributed by atoms with E-state index >= 15 is 0 Å². The van der Waals surface area contributed by atoms with Crippen molar-refractivity contribution in [2.45, 2.75) is 31.3 Å². The van der Waals surface area contributed by atoms with E-state index in [9.17, 15) is 14.0 Å². The summed E-state index contributed by atoms with van der Waals surface area (Å²) in [5, 5.41) is 5.81. The zero-order valence-corrected chi connectivity index (χ0v) is 18.3. The zero-order valence-electron chi connectivity index (χ0n) is 17.5. The molecular weight excluding hydrogens is 451 g/mol. The van der Waals surface area contributed by atoms with Crippen LogP contribution < -0.4 is 20.1 Å². The van der Waals surface area contributed by atoms with Crippen molar-refractivity contribution in [3.63, 3.8) is 0 Å². The molecule has 0 aliphatic heterocycles. The Labute approximate surface area is 194 Å². The van der Waals surface area contributed by atoms with E-state index in [-0.39, 0.29) is 28.5 Å². The first-order chi connectivity index (χ1) is 15.8. The largest absolute Gasteiger partial charge is 0.454 e. The number of hydrogen-bond donors (Lipinski definition) is 2. The smallest absolute Gasteiger partial charge is 0.413 e. The standard InChI is InChI=1S/C23H20ClFN4O4/c1-14(15-2-5-17(6-3-15)32-20-7-4-16(24)10-19(20)25)28-21(30)23(8-9-23)29-22(31)33-18-11-26-13-27-12-18/h2-7,10-14H,8-9H2,1H3,(H,28,30)(H,29,31). The number of nitrogens with zero attached hydrogens (tertiary/aromatic N) is 2. The van der Waals surface area contributed by atoms with Crippen molar-refractivity contribution in [2.24, 2.45) is 0 Å². The summed E-state index contributed by atoms with van der Waals surface area (Å²) in [5.74, 6) is -0.191. The molecule has 4 rings (SSSR count). The topological polar surface area (TPSA) is 102 Å². The van der Waals surface area contributed by atoms with E-state index in [1.54, 1.807) is 24.3 Å². The molecule has 1 heterocycles. The predicted octanol–water partition coefficient (Wildman–Crippen LogP) is 4.56. The highest BCUT2D eigenvalue weighted by atomic mass is 35.5. The molecule has 1 aliphatic carbocycles. The first-order valence-electron chi connectivity index (χ1n) is 10.1. The van der Waals surface area contributed by atoms with Gasteiger partial charge in [-0.2, -0.15) is 0 Å². The lowest BCUT2D eigenvalue weighted by molar-refractivity contribution is -0.124. The third kappa shape index (κ3) is 5.56. The van der Waals surface area contributed by atoms with Crippen LogP contribution in [0.4, 0.5) is 9.18 Å². The van der Waals surface area contributed by atoms with Gasteiger partial charge < -0.3 is 20.1 Å². The molecule has 8 nitrogen and oxygen atoms in total. The Morgan fingerprint density at radius 1 is 1.09 bits per heavy atom. The van der Waals surface area contributed by atoms with Gasteiger partial charge >= 0.3 is 6.09 Å². The quantitative estimate of drug-likeness (QED) is 0.524. The summed E-state index contributed by atoms with van der Waals surface area (Å²) < 4.78 is 24.6. The van der Waals surface area contributed by atoms with Crippen molar-refractivity contribution >= 4 is 23.6 Å². The van der Waals surface area contributed by atoms with Gasteiger partial charge in [0.1, 0.15) is 17.6 Å². The number of hydrogen-bond acceptors (Lipinski definition) is 6. The molecule has 0 spiro atoms. The Kier molecular flexibility index (Phi) is 6.41. The normalized spacial score (nSPS) is 14.6. The van der Waals surface area contributed by atoms with Crippen LogP contribution in [-0.2, 0) is 4.79 Å². The number of halogens is 2. The third-order valence-electron chi connectivity index (χ3n) is 5.12. The Balaban J connectivity index is 1.33. The van der Waals surface area contributed by atoms with E-state index in [0.29, 0.717) is 18.6 Å². The van der Waals surface area contributed by atoms with Gasteiger partial charge in [0.2, 0.25) is 5.91 Å².